The normalized spacial score (nSPS) is 19.1. The van der Waals surface area contributed by atoms with E-state index in [1.807, 2.05) is 7.05 Å². The minimum absolute atomic E-state index is 0. The number of nitrogens with zero attached hydrogens (tertiary/aromatic N) is 3. The number of guanidine groups is 1. The van der Waals surface area contributed by atoms with Crippen LogP contribution in [-0.2, 0) is 16.0 Å². The van der Waals surface area contributed by atoms with Crippen molar-refractivity contribution in [2.75, 3.05) is 71.1 Å². The largest absolute Gasteiger partial charge is 0.379 e. The number of halogens is 1. The highest BCUT2D eigenvalue weighted by Gasteiger charge is 2.22. The second-order valence-corrected chi connectivity index (χ2v) is 8.50. The lowest BCUT2D eigenvalue weighted by molar-refractivity contribution is 0.0132. The molecular weight excluding hydrogens is 505 g/mol. The second-order valence-electron chi connectivity index (χ2n) is 8.50. The summed E-state index contributed by atoms with van der Waals surface area (Å²) in [4.78, 5) is 9.35. The molecule has 2 N–H and O–H groups in total. The average Bonchev–Trinajstić information content (AvgIpc) is 2.79. The Labute approximate surface area is 205 Å². The number of benzene rings is 1. The zero-order chi connectivity index (χ0) is 21.2. The predicted molar refractivity (Wildman–Crippen MR) is 139 cm³/mol. The molecule has 2 aliphatic rings. The maximum atomic E-state index is 5.53. The fourth-order valence-corrected chi connectivity index (χ4v) is 4.12. The zero-order valence-corrected chi connectivity index (χ0v) is 21.6. The highest BCUT2D eigenvalue weighted by Crippen LogP contribution is 2.17. The fourth-order valence-electron chi connectivity index (χ4n) is 4.12. The Bertz CT molecular complexity index is 644. The Morgan fingerprint density at radius 1 is 0.968 bits per heavy atom. The smallest absolute Gasteiger partial charge is 0.191 e. The van der Waals surface area contributed by atoms with Gasteiger partial charge in [-0.2, -0.15) is 0 Å². The van der Waals surface area contributed by atoms with Crippen LogP contribution in [0, 0.1) is 5.92 Å². The topological polar surface area (TPSA) is 61.4 Å². The summed E-state index contributed by atoms with van der Waals surface area (Å²) in [6.07, 6.45) is 1.17. The zero-order valence-electron chi connectivity index (χ0n) is 19.3. The number of rotatable bonds is 8. The number of ether oxygens (including phenoxy) is 2. The van der Waals surface area contributed by atoms with E-state index in [-0.39, 0.29) is 24.0 Å². The van der Waals surface area contributed by atoms with Crippen LogP contribution in [0.2, 0.25) is 0 Å². The Morgan fingerprint density at radius 2 is 1.58 bits per heavy atom. The SMILES string of the molecule is CN=C(NCc1ccc(N2CCOCC2)cc1)NCC(CC(C)C)N1CCOCC1.I. The summed E-state index contributed by atoms with van der Waals surface area (Å²) in [5.74, 6) is 1.52. The molecule has 0 saturated carbocycles. The van der Waals surface area contributed by atoms with Gasteiger partial charge < -0.3 is 25.0 Å². The van der Waals surface area contributed by atoms with E-state index in [1.54, 1.807) is 0 Å². The van der Waals surface area contributed by atoms with Crippen molar-refractivity contribution in [3.8, 4) is 0 Å². The van der Waals surface area contributed by atoms with Gasteiger partial charge in [-0.1, -0.05) is 26.0 Å². The number of aliphatic imine (C=N–C) groups is 1. The third-order valence-corrected chi connectivity index (χ3v) is 5.81. The van der Waals surface area contributed by atoms with Crippen LogP contribution in [0.1, 0.15) is 25.8 Å². The van der Waals surface area contributed by atoms with Crippen molar-refractivity contribution in [1.82, 2.24) is 15.5 Å². The maximum absolute atomic E-state index is 5.53. The van der Waals surface area contributed by atoms with E-state index in [9.17, 15) is 0 Å². The Hall–Kier alpha value is -1.10. The van der Waals surface area contributed by atoms with Crippen molar-refractivity contribution < 1.29 is 9.47 Å². The van der Waals surface area contributed by atoms with Gasteiger partial charge in [-0.15, -0.1) is 24.0 Å². The van der Waals surface area contributed by atoms with E-state index >= 15 is 0 Å². The highest BCUT2D eigenvalue weighted by atomic mass is 127. The molecule has 3 rings (SSSR count). The minimum Gasteiger partial charge on any atom is -0.379 e. The molecule has 8 heteroatoms. The monoisotopic (exact) mass is 545 g/mol. The quantitative estimate of drug-likeness (QED) is 0.298. The molecule has 1 aromatic rings. The van der Waals surface area contributed by atoms with Gasteiger partial charge in [0.15, 0.2) is 5.96 Å². The number of hydrogen-bond acceptors (Lipinski definition) is 5. The van der Waals surface area contributed by atoms with Gasteiger partial charge in [-0.3, -0.25) is 9.89 Å². The lowest BCUT2D eigenvalue weighted by Gasteiger charge is -2.35. The molecule has 7 nitrogen and oxygen atoms in total. The van der Waals surface area contributed by atoms with E-state index in [0.717, 1.165) is 71.7 Å². The summed E-state index contributed by atoms with van der Waals surface area (Å²) in [5.41, 5.74) is 2.52. The van der Waals surface area contributed by atoms with E-state index in [2.05, 4.69) is 63.5 Å². The Balaban J connectivity index is 0.00000341. The third-order valence-electron chi connectivity index (χ3n) is 5.81. The van der Waals surface area contributed by atoms with Crippen LogP contribution < -0.4 is 15.5 Å². The number of hydrogen-bond donors (Lipinski definition) is 2. The van der Waals surface area contributed by atoms with E-state index in [1.165, 1.54) is 17.7 Å². The van der Waals surface area contributed by atoms with Crippen LogP contribution in [0.25, 0.3) is 0 Å². The molecule has 0 radical (unpaired) electrons. The van der Waals surface area contributed by atoms with Crippen molar-refractivity contribution >= 4 is 35.6 Å². The maximum Gasteiger partial charge on any atom is 0.191 e. The molecule has 0 aromatic heterocycles. The van der Waals surface area contributed by atoms with Gasteiger partial charge in [-0.05, 0) is 30.0 Å². The minimum atomic E-state index is 0. The molecule has 1 aromatic carbocycles. The molecule has 2 fully saturated rings. The molecule has 0 spiro atoms. The van der Waals surface area contributed by atoms with Crippen molar-refractivity contribution in [2.24, 2.45) is 10.9 Å². The number of anilines is 1. The summed E-state index contributed by atoms with van der Waals surface area (Å²) in [7, 11) is 1.84. The average molecular weight is 546 g/mol. The number of morpholine rings is 2. The van der Waals surface area contributed by atoms with Gasteiger partial charge in [0, 0.05) is 58.0 Å². The first-order chi connectivity index (χ1) is 14.7. The molecule has 2 heterocycles. The van der Waals surface area contributed by atoms with Crippen molar-refractivity contribution in [3.63, 3.8) is 0 Å². The van der Waals surface area contributed by atoms with Crippen LogP contribution in [0.15, 0.2) is 29.3 Å². The fraction of sp³-hybridized carbons (Fsp3) is 0.696. The van der Waals surface area contributed by atoms with E-state index in [4.69, 9.17) is 9.47 Å². The molecule has 2 aliphatic heterocycles. The molecule has 1 unspecified atom stereocenters. The van der Waals surface area contributed by atoms with Crippen LogP contribution in [0.4, 0.5) is 5.69 Å². The van der Waals surface area contributed by atoms with Gasteiger partial charge in [0.2, 0.25) is 0 Å². The molecule has 176 valence electrons. The summed E-state index contributed by atoms with van der Waals surface area (Å²) in [6, 6.07) is 9.30. The van der Waals surface area contributed by atoms with E-state index in [0.29, 0.717) is 12.0 Å². The second kappa shape index (κ2) is 14.1. The highest BCUT2D eigenvalue weighted by molar-refractivity contribution is 14.0. The summed E-state index contributed by atoms with van der Waals surface area (Å²) >= 11 is 0. The molecule has 0 bridgehead atoms. The third kappa shape index (κ3) is 8.75. The van der Waals surface area contributed by atoms with Crippen molar-refractivity contribution in [1.29, 1.82) is 0 Å². The first kappa shape index (κ1) is 26.2. The van der Waals surface area contributed by atoms with Crippen LogP contribution >= 0.6 is 24.0 Å². The van der Waals surface area contributed by atoms with E-state index < -0.39 is 0 Å². The lowest BCUT2D eigenvalue weighted by Crippen LogP contribution is -2.50. The lowest BCUT2D eigenvalue weighted by atomic mass is 10.0. The molecule has 0 aliphatic carbocycles. The van der Waals surface area contributed by atoms with Crippen LogP contribution in [0.3, 0.4) is 0 Å². The van der Waals surface area contributed by atoms with Crippen molar-refractivity contribution in [2.45, 2.75) is 32.9 Å². The first-order valence-corrected chi connectivity index (χ1v) is 11.3. The summed E-state index contributed by atoms with van der Waals surface area (Å²) in [5, 5.41) is 7.00. The molecule has 1 atom stereocenters. The van der Waals surface area contributed by atoms with Crippen LogP contribution in [0.5, 0.6) is 0 Å². The van der Waals surface area contributed by atoms with Gasteiger partial charge in [0.25, 0.3) is 0 Å². The molecule has 31 heavy (non-hydrogen) atoms. The van der Waals surface area contributed by atoms with Crippen LogP contribution in [-0.4, -0.2) is 83.1 Å². The Kier molecular flexibility index (Phi) is 11.9. The van der Waals surface area contributed by atoms with Crippen molar-refractivity contribution in [3.05, 3.63) is 29.8 Å². The van der Waals surface area contributed by atoms with Gasteiger partial charge in [0.05, 0.1) is 26.4 Å². The first-order valence-electron chi connectivity index (χ1n) is 11.3. The standard InChI is InChI=1S/C23H39N5O2.HI/c1-19(2)16-22(28-10-14-30-15-11-28)18-26-23(24-3)25-17-20-4-6-21(7-5-20)27-8-12-29-13-9-27;/h4-7,19,22H,8-18H2,1-3H3,(H2,24,25,26);1H. The van der Waals surface area contributed by atoms with Gasteiger partial charge in [-0.25, -0.2) is 0 Å². The molecular formula is C23H40IN5O2. The van der Waals surface area contributed by atoms with Gasteiger partial charge in [0.1, 0.15) is 0 Å². The molecule has 2 saturated heterocycles. The van der Waals surface area contributed by atoms with Gasteiger partial charge >= 0.3 is 0 Å². The molecule has 0 amide bonds. The predicted octanol–water partition coefficient (Wildman–Crippen LogP) is 2.55. The summed E-state index contributed by atoms with van der Waals surface area (Å²) in [6.45, 7) is 13.5. The summed E-state index contributed by atoms with van der Waals surface area (Å²) < 4.78 is 11.0. The number of nitrogens with one attached hydrogen (secondary N) is 2. The Morgan fingerprint density at radius 3 is 2.16 bits per heavy atom.